The van der Waals surface area contributed by atoms with Crippen LogP contribution >= 0.6 is 0 Å². The summed E-state index contributed by atoms with van der Waals surface area (Å²) in [6.07, 6.45) is 0. The van der Waals surface area contributed by atoms with E-state index < -0.39 is 10.1 Å². The van der Waals surface area contributed by atoms with Gasteiger partial charge in [-0.05, 0) is 13.0 Å². The molecule has 1 rings (SSSR count). The second kappa shape index (κ2) is 3.58. The van der Waals surface area contributed by atoms with Gasteiger partial charge in [0.2, 0.25) is 0 Å². The van der Waals surface area contributed by atoms with Crippen LogP contribution in [0.3, 0.4) is 0 Å². The molecule has 0 aliphatic heterocycles. The van der Waals surface area contributed by atoms with Gasteiger partial charge in [0.15, 0.2) is 5.75 Å². The molecule has 0 unspecified atom stereocenters. The van der Waals surface area contributed by atoms with Crippen molar-refractivity contribution in [2.75, 3.05) is 5.75 Å². The van der Waals surface area contributed by atoms with Gasteiger partial charge in [0, 0.05) is 6.07 Å². The maximum atomic E-state index is 10.9. The maximum Gasteiger partial charge on any atom is 0.308 e. The van der Waals surface area contributed by atoms with Crippen molar-refractivity contribution in [3.05, 3.63) is 30.3 Å². The Morgan fingerprint density at radius 2 is 2.25 bits per heavy atom. The standard InChI is InChI=1S/C8H9O3S/c1-2-12(9,10)11-8-6-4-3-5-7-8/h3-6H,2H2,1H3. The zero-order valence-corrected chi connectivity index (χ0v) is 7.47. The van der Waals surface area contributed by atoms with Crippen LogP contribution in [0, 0.1) is 6.07 Å². The molecule has 0 fully saturated rings. The largest absolute Gasteiger partial charge is 0.382 e. The van der Waals surface area contributed by atoms with Gasteiger partial charge in [0.25, 0.3) is 0 Å². The van der Waals surface area contributed by atoms with E-state index in [1.807, 2.05) is 0 Å². The van der Waals surface area contributed by atoms with Gasteiger partial charge in [0.05, 0.1) is 5.75 Å². The van der Waals surface area contributed by atoms with E-state index in [2.05, 4.69) is 10.2 Å². The molecule has 0 aliphatic rings. The SMILES string of the molecule is CCS(=O)(=O)Oc1[c]cccc1. The molecule has 0 N–H and O–H groups in total. The van der Waals surface area contributed by atoms with E-state index in [0.717, 1.165) is 0 Å². The van der Waals surface area contributed by atoms with E-state index in [1.165, 1.54) is 6.92 Å². The fraction of sp³-hybridized carbons (Fsp3) is 0.250. The maximum absolute atomic E-state index is 10.9. The molecule has 4 heteroatoms. The average Bonchev–Trinajstić information content (AvgIpc) is 2.06. The van der Waals surface area contributed by atoms with E-state index in [1.54, 1.807) is 24.3 Å². The van der Waals surface area contributed by atoms with Crippen LogP contribution in [0.2, 0.25) is 0 Å². The second-order valence-corrected chi connectivity index (χ2v) is 4.02. The Hall–Kier alpha value is -1.03. The molecule has 3 nitrogen and oxygen atoms in total. The first-order valence-electron chi connectivity index (χ1n) is 3.53. The highest BCUT2D eigenvalue weighted by Crippen LogP contribution is 2.10. The molecule has 0 saturated heterocycles. The molecule has 0 heterocycles. The fourth-order valence-electron chi connectivity index (χ4n) is 0.624. The summed E-state index contributed by atoms with van der Waals surface area (Å²) in [4.78, 5) is 0. The second-order valence-electron chi connectivity index (χ2n) is 2.16. The quantitative estimate of drug-likeness (QED) is 0.665. The third-order valence-corrected chi connectivity index (χ3v) is 2.39. The summed E-state index contributed by atoms with van der Waals surface area (Å²) >= 11 is 0. The predicted molar refractivity (Wildman–Crippen MR) is 45.4 cm³/mol. The zero-order valence-electron chi connectivity index (χ0n) is 6.65. The molecule has 12 heavy (non-hydrogen) atoms. The Labute approximate surface area is 72.1 Å². The van der Waals surface area contributed by atoms with Crippen molar-refractivity contribution in [2.24, 2.45) is 0 Å². The van der Waals surface area contributed by atoms with Crippen molar-refractivity contribution in [2.45, 2.75) is 6.92 Å². The van der Waals surface area contributed by atoms with E-state index in [4.69, 9.17) is 0 Å². The van der Waals surface area contributed by atoms with Gasteiger partial charge in [-0.15, -0.1) is 0 Å². The summed E-state index contributed by atoms with van der Waals surface area (Å²) in [7, 11) is -3.40. The van der Waals surface area contributed by atoms with Crippen molar-refractivity contribution < 1.29 is 12.6 Å². The third-order valence-electron chi connectivity index (χ3n) is 1.25. The molecule has 1 aromatic carbocycles. The molecule has 0 bridgehead atoms. The summed E-state index contributed by atoms with van der Waals surface area (Å²) in [5.74, 6) is 0.203. The molecule has 1 aromatic rings. The Morgan fingerprint density at radius 1 is 1.50 bits per heavy atom. The first-order valence-corrected chi connectivity index (χ1v) is 5.10. The summed E-state index contributed by atoms with van der Waals surface area (Å²) in [5.41, 5.74) is 0. The molecule has 0 atom stereocenters. The number of para-hydroxylation sites is 1. The average molecular weight is 185 g/mol. The third kappa shape index (κ3) is 2.54. The van der Waals surface area contributed by atoms with Gasteiger partial charge in [-0.2, -0.15) is 8.42 Å². The van der Waals surface area contributed by atoms with Crippen molar-refractivity contribution in [1.82, 2.24) is 0 Å². The Balaban J connectivity index is 2.78. The van der Waals surface area contributed by atoms with Crippen LogP contribution in [0.5, 0.6) is 5.75 Å². The van der Waals surface area contributed by atoms with Gasteiger partial charge < -0.3 is 4.18 Å². The molecular weight excluding hydrogens is 176 g/mol. The van der Waals surface area contributed by atoms with Crippen LogP contribution in [0.4, 0.5) is 0 Å². The van der Waals surface area contributed by atoms with E-state index >= 15 is 0 Å². The van der Waals surface area contributed by atoms with Gasteiger partial charge in [-0.1, -0.05) is 18.2 Å². The summed E-state index contributed by atoms with van der Waals surface area (Å²) in [6, 6.07) is 9.24. The molecule has 0 aromatic heterocycles. The number of hydrogen-bond acceptors (Lipinski definition) is 3. The first kappa shape index (κ1) is 9.06. The lowest BCUT2D eigenvalue weighted by Crippen LogP contribution is -2.11. The zero-order chi connectivity index (χ0) is 9.03. The van der Waals surface area contributed by atoms with Crippen LogP contribution < -0.4 is 4.18 Å². The van der Waals surface area contributed by atoms with Gasteiger partial charge in [0.1, 0.15) is 0 Å². The lowest BCUT2D eigenvalue weighted by Gasteiger charge is -2.02. The number of rotatable bonds is 3. The smallest absolute Gasteiger partial charge is 0.308 e. The van der Waals surface area contributed by atoms with Gasteiger partial charge >= 0.3 is 10.1 Å². The highest BCUT2D eigenvalue weighted by Gasteiger charge is 2.07. The summed E-state index contributed by atoms with van der Waals surface area (Å²) in [6.45, 7) is 1.53. The first-order chi connectivity index (χ1) is 5.64. The lowest BCUT2D eigenvalue weighted by atomic mass is 10.3. The predicted octanol–water partition coefficient (Wildman–Crippen LogP) is 1.22. The van der Waals surface area contributed by atoms with E-state index in [9.17, 15) is 8.42 Å². The van der Waals surface area contributed by atoms with Crippen molar-refractivity contribution in [3.8, 4) is 5.75 Å². The molecule has 0 aliphatic carbocycles. The van der Waals surface area contributed by atoms with Crippen molar-refractivity contribution in [1.29, 1.82) is 0 Å². The minimum absolute atomic E-state index is 0.0320. The topological polar surface area (TPSA) is 43.4 Å². The Bertz CT molecular complexity index is 329. The normalized spacial score (nSPS) is 11.1. The highest BCUT2D eigenvalue weighted by atomic mass is 32.2. The molecule has 0 spiro atoms. The fourth-order valence-corrected chi connectivity index (χ4v) is 1.12. The van der Waals surface area contributed by atoms with Crippen LogP contribution in [0.25, 0.3) is 0 Å². The number of hydrogen-bond donors (Lipinski definition) is 0. The Morgan fingerprint density at radius 3 is 2.75 bits per heavy atom. The lowest BCUT2D eigenvalue weighted by molar-refractivity contribution is 0.487. The van der Waals surface area contributed by atoms with Crippen LogP contribution in [-0.4, -0.2) is 14.2 Å². The molecule has 0 amide bonds. The van der Waals surface area contributed by atoms with E-state index in [-0.39, 0.29) is 11.5 Å². The van der Waals surface area contributed by atoms with Gasteiger partial charge in [-0.3, -0.25) is 0 Å². The highest BCUT2D eigenvalue weighted by molar-refractivity contribution is 7.87. The molecule has 1 radical (unpaired) electrons. The molecule has 0 saturated carbocycles. The van der Waals surface area contributed by atoms with Crippen LogP contribution in [-0.2, 0) is 10.1 Å². The molecule has 65 valence electrons. The van der Waals surface area contributed by atoms with E-state index in [0.29, 0.717) is 0 Å². The summed E-state index contributed by atoms with van der Waals surface area (Å²) < 4.78 is 26.5. The van der Waals surface area contributed by atoms with Gasteiger partial charge in [-0.25, -0.2) is 0 Å². The monoisotopic (exact) mass is 185 g/mol. The Kier molecular flexibility index (Phi) is 2.70. The van der Waals surface area contributed by atoms with Crippen molar-refractivity contribution in [3.63, 3.8) is 0 Å². The molecular formula is C8H9O3S. The van der Waals surface area contributed by atoms with Crippen molar-refractivity contribution >= 4 is 10.1 Å². The minimum Gasteiger partial charge on any atom is -0.382 e. The minimum atomic E-state index is -3.40. The number of benzene rings is 1. The van der Waals surface area contributed by atoms with Crippen LogP contribution in [0.15, 0.2) is 24.3 Å². The summed E-state index contributed by atoms with van der Waals surface area (Å²) in [5, 5.41) is 0. The van der Waals surface area contributed by atoms with Crippen LogP contribution in [0.1, 0.15) is 6.92 Å².